The number of aromatic nitrogens is 1. The molecule has 3 aromatic rings. The van der Waals surface area contributed by atoms with Gasteiger partial charge in [-0.1, -0.05) is 11.6 Å². The Kier molecular flexibility index (Phi) is 5.32. The van der Waals surface area contributed by atoms with E-state index in [9.17, 15) is 18.0 Å². The third-order valence-corrected chi connectivity index (χ3v) is 3.99. The van der Waals surface area contributed by atoms with Crippen LogP contribution >= 0.6 is 11.6 Å². The minimum atomic E-state index is -1.58. The highest BCUT2D eigenvalue weighted by Crippen LogP contribution is 2.24. The van der Waals surface area contributed by atoms with Gasteiger partial charge in [-0.2, -0.15) is 0 Å². The Morgan fingerprint density at radius 1 is 1.00 bits per heavy atom. The van der Waals surface area contributed by atoms with Gasteiger partial charge in [0.2, 0.25) is 0 Å². The number of carbonyl (C=O) groups excluding carboxylic acids is 1. The molecule has 0 aliphatic carbocycles. The van der Waals surface area contributed by atoms with Crippen molar-refractivity contribution in [1.29, 1.82) is 0 Å². The maximum atomic E-state index is 13.8. The molecule has 0 fully saturated rings. The number of anilines is 3. The van der Waals surface area contributed by atoms with Crippen molar-refractivity contribution in [3.63, 3.8) is 0 Å². The van der Waals surface area contributed by atoms with Crippen molar-refractivity contribution in [2.45, 2.75) is 6.92 Å². The van der Waals surface area contributed by atoms with Crippen LogP contribution in [-0.2, 0) is 0 Å². The average molecular weight is 392 g/mol. The zero-order chi connectivity index (χ0) is 19.6. The molecular formula is C19H13ClF3N3O. The Balaban J connectivity index is 1.81. The minimum absolute atomic E-state index is 0.192. The Morgan fingerprint density at radius 3 is 2.48 bits per heavy atom. The fraction of sp³-hybridized carbons (Fsp3) is 0.0526. The first-order valence-corrected chi connectivity index (χ1v) is 8.16. The second kappa shape index (κ2) is 7.67. The molecule has 1 heterocycles. The lowest BCUT2D eigenvalue weighted by molar-refractivity contribution is 0.102. The summed E-state index contributed by atoms with van der Waals surface area (Å²) in [6, 6.07) is 8.28. The Morgan fingerprint density at radius 2 is 1.74 bits per heavy atom. The third-order valence-electron chi connectivity index (χ3n) is 3.75. The molecule has 2 aromatic carbocycles. The fourth-order valence-corrected chi connectivity index (χ4v) is 2.60. The number of hydrogen-bond donors (Lipinski definition) is 2. The third kappa shape index (κ3) is 4.20. The van der Waals surface area contributed by atoms with E-state index in [1.165, 1.54) is 18.5 Å². The van der Waals surface area contributed by atoms with Gasteiger partial charge in [0.05, 0.1) is 23.1 Å². The van der Waals surface area contributed by atoms with Gasteiger partial charge in [0.25, 0.3) is 5.91 Å². The first-order valence-electron chi connectivity index (χ1n) is 7.78. The van der Waals surface area contributed by atoms with Crippen molar-refractivity contribution >= 4 is 34.6 Å². The van der Waals surface area contributed by atoms with Crippen LogP contribution < -0.4 is 10.6 Å². The molecule has 0 bridgehead atoms. The molecule has 0 aliphatic rings. The quantitative estimate of drug-likeness (QED) is 0.581. The van der Waals surface area contributed by atoms with Crippen LogP contribution in [0.5, 0.6) is 0 Å². The van der Waals surface area contributed by atoms with Crippen LogP contribution in [0.3, 0.4) is 0 Å². The number of nitrogens with one attached hydrogen (secondary N) is 2. The predicted molar refractivity (Wildman–Crippen MR) is 98.0 cm³/mol. The van der Waals surface area contributed by atoms with Crippen LogP contribution in [0.4, 0.5) is 30.2 Å². The van der Waals surface area contributed by atoms with Gasteiger partial charge in [-0.05, 0) is 48.9 Å². The zero-order valence-corrected chi connectivity index (χ0v) is 14.7. The van der Waals surface area contributed by atoms with Gasteiger partial charge < -0.3 is 10.6 Å². The maximum Gasteiger partial charge on any atom is 0.257 e. The molecule has 0 aliphatic heterocycles. The first kappa shape index (κ1) is 18.7. The molecule has 8 heteroatoms. The maximum absolute atomic E-state index is 13.8. The summed E-state index contributed by atoms with van der Waals surface area (Å²) in [6.45, 7) is 1.80. The van der Waals surface area contributed by atoms with E-state index < -0.39 is 23.4 Å². The van der Waals surface area contributed by atoms with E-state index in [1.807, 2.05) is 0 Å². The van der Waals surface area contributed by atoms with E-state index in [0.717, 1.165) is 17.7 Å². The lowest BCUT2D eigenvalue weighted by Gasteiger charge is -2.11. The summed E-state index contributed by atoms with van der Waals surface area (Å²) in [6.07, 6.45) is 2.65. The molecule has 2 N–H and O–H groups in total. The van der Waals surface area contributed by atoms with E-state index in [4.69, 9.17) is 11.6 Å². The van der Waals surface area contributed by atoms with Crippen LogP contribution in [-0.4, -0.2) is 10.9 Å². The first-order chi connectivity index (χ1) is 12.8. The van der Waals surface area contributed by atoms with Gasteiger partial charge >= 0.3 is 0 Å². The van der Waals surface area contributed by atoms with E-state index in [0.29, 0.717) is 10.7 Å². The summed E-state index contributed by atoms with van der Waals surface area (Å²) >= 11 is 5.89. The van der Waals surface area contributed by atoms with Gasteiger partial charge in [0.15, 0.2) is 17.5 Å². The van der Waals surface area contributed by atoms with E-state index in [-0.39, 0.29) is 16.9 Å². The lowest BCUT2D eigenvalue weighted by Crippen LogP contribution is -2.13. The second-order valence-corrected chi connectivity index (χ2v) is 6.16. The number of hydrogen-bond acceptors (Lipinski definition) is 3. The van der Waals surface area contributed by atoms with Crippen molar-refractivity contribution in [2.24, 2.45) is 0 Å². The number of halogens is 4. The summed E-state index contributed by atoms with van der Waals surface area (Å²) in [5.41, 5.74) is 1.51. The molecule has 0 radical (unpaired) electrons. The summed E-state index contributed by atoms with van der Waals surface area (Å²) in [7, 11) is 0. The molecular weight excluding hydrogens is 379 g/mol. The number of nitrogens with zero attached hydrogens (tertiary/aromatic N) is 1. The highest BCUT2D eigenvalue weighted by atomic mass is 35.5. The minimum Gasteiger partial charge on any atom is -0.352 e. The number of pyridine rings is 1. The van der Waals surface area contributed by atoms with Crippen LogP contribution in [0, 0.1) is 24.4 Å². The highest BCUT2D eigenvalue weighted by Gasteiger charge is 2.14. The van der Waals surface area contributed by atoms with Gasteiger partial charge in [-0.3, -0.25) is 9.78 Å². The smallest absolute Gasteiger partial charge is 0.257 e. The highest BCUT2D eigenvalue weighted by molar-refractivity contribution is 6.30. The molecule has 0 saturated carbocycles. The van der Waals surface area contributed by atoms with Gasteiger partial charge in [0, 0.05) is 16.9 Å². The normalized spacial score (nSPS) is 10.6. The van der Waals surface area contributed by atoms with Gasteiger partial charge in [-0.15, -0.1) is 0 Å². The number of aryl methyl sites for hydroxylation is 1. The number of rotatable bonds is 4. The molecule has 0 saturated heterocycles. The predicted octanol–water partition coefficient (Wildman–Crippen LogP) is 5.46. The van der Waals surface area contributed by atoms with Crippen LogP contribution in [0.1, 0.15) is 15.9 Å². The average Bonchev–Trinajstić information content (AvgIpc) is 2.65. The molecule has 27 heavy (non-hydrogen) atoms. The molecule has 3 rings (SSSR count). The summed E-state index contributed by atoms with van der Waals surface area (Å²) < 4.78 is 40.1. The number of carbonyl (C=O) groups is 1. The Hall–Kier alpha value is -3.06. The molecule has 1 amide bonds. The molecule has 0 atom stereocenters. The second-order valence-electron chi connectivity index (χ2n) is 5.72. The van der Waals surface area contributed by atoms with Gasteiger partial charge in [-0.25, -0.2) is 13.2 Å². The lowest BCUT2D eigenvalue weighted by atomic mass is 10.2. The van der Waals surface area contributed by atoms with E-state index in [1.54, 1.807) is 25.1 Å². The molecule has 1 aromatic heterocycles. The summed E-state index contributed by atoms with van der Waals surface area (Å²) in [5, 5.41) is 5.85. The van der Waals surface area contributed by atoms with Crippen LogP contribution in [0.2, 0.25) is 5.02 Å². The Labute approximate surface area is 158 Å². The zero-order valence-electron chi connectivity index (χ0n) is 14.0. The van der Waals surface area contributed by atoms with E-state index >= 15 is 0 Å². The Bertz CT molecular complexity index is 1030. The number of amides is 1. The van der Waals surface area contributed by atoms with Crippen molar-refractivity contribution in [1.82, 2.24) is 4.98 Å². The van der Waals surface area contributed by atoms with Crippen molar-refractivity contribution in [3.8, 4) is 0 Å². The number of benzene rings is 2. The largest absolute Gasteiger partial charge is 0.352 e. The van der Waals surface area contributed by atoms with E-state index in [2.05, 4.69) is 15.6 Å². The molecule has 0 spiro atoms. The van der Waals surface area contributed by atoms with Gasteiger partial charge in [0.1, 0.15) is 0 Å². The monoisotopic (exact) mass is 391 g/mol. The molecule has 4 nitrogen and oxygen atoms in total. The summed E-state index contributed by atoms with van der Waals surface area (Å²) in [5.74, 6) is -4.67. The van der Waals surface area contributed by atoms with Crippen LogP contribution in [0.15, 0.2) is 48.8 Å². The topological polar surface area (TPSA) is 54.0 Å². The summed E-state index contributed by atoms with van der Waals surface area (Å²) in [4.78, 5) is 16.3. The molecule has 0 unspecified atom stereocenters. The standard InChI is InChI=1S/C19H13ClF3N3O/c1-10-6-12(20)2-4-15(10)26-19(27)11-7-13(9-24-8-11)25-16-5-3-14(21)17(22)18(16)23/h2-9,25H,1H3,(H,26,27). The SMILES string of the molecule is Cc1cc(Cl)ccc1NC(=O)c1cncc(Nc2ccc(F)c(F)c2F)c1. The van der Waals surface area contributed by atoms with Crippen LogP contribution in [0.25, 0.3) is 0 Å². The molecule has 138 valence electrons. The van der Waals surface area contributed by atoms with Crippen molar-refractivity contribution < 1.29 is 18.0 Å². The van der Waals surface area contributed by atoms with Crippen molar-refractivity contribution in [3.05, 3.63) is 82.4 Å². The fourth-order valence-electron chi connectivity index (χ4n) is 2.37. The van der Waals surface area contributed by atoms with Crippen molar-refractivity contribution in [2.75, 3.05) is 10.6 Å².